The van der Waals surface area contributed by atoms with Crippen molar-refractivity contribution in [1.29, 1.82) is 0 Å². The molecule has 1 unspecified atom stereocenters. The molecule has 0 fully saturated rings. The van der Waals surface area contributed by atoms with Crippen LogP contribution in [0, 0.1) is 0 Å². The number of rotatable bonds is 9. The quantitative estimate of drug-likeness (QED) is 0.471. The van der Waals surface area contributed by atoms with Gasteiger partial charge in [0.05, 0.1) is 6.61 Å². The van der Waals surface area contributed by atoms with Crippen LogP contribution in [0.5, 0.6) is 0 Å². The van der Waals surface area contributed by atoms with Gasteiger partial charge < -0.3 is 20.5 Å². The first kappa shape index (κ1) is 18.4. The Morgan fingerprint density at radius 3 is 2.52 bits per heavy atom. The molecule has 0 radical (unpaired) electrons. The lowest BCUT2D eigenvalue weighted by atomic mass is 10.2. The number of amides is 2. The Morgan fingerprint density at radius 1 is 1.30 bits per heavy atom. The summed E-state index contributed by atoms with van der Waals surface area (Å²) < 4.78 is 5.33. The van der Waals surface area contributed by atoms with Crippen LogP contribution >= 0.6 is 0 Å². The highest BCUT2D eigenvalue weighted by Gasteiger charge is 2.13. The minimum atomic E-state index is -1.12. The summed E-state index contributed by atoms with van der Waals surface area (Å²) in [6.07, 6.45) is 1.77. The summed E-state index contributed by atoms with van der Waals surface area (Å²) in [7, 11) is 0. The summed E-state index contributed by atoms with van der Waals surface area (Å²) in [5.41, 5.74) is 0.823. The van der Waals surface area contributed by atoms with Crippen LogP contribution in [-0.4, -0.2) is 42.1 Å². The van der Waals surface area contributed by atoms with Crippen LogP contribution in [0.1, 0.15) is 23.7 Å². The van der Waals surface area contributed by atoms with Crippen LogP contribution < -0.4 is 10.6 Å². The van der Waals surface area contributed by atoms with Crippen molar-refractivity contribution in [2.75, 3.05) is 18.5 Å². The molecule has 0 heterocycles. The summed E-state index contributed by atoms with van der Waals surface area (Å²) in [5, 5.41) is 13.4. The minimum Gasteiger partial charge on any atom is -0.480 e. The summed E-state index contributed by atoms with van der Waals surface area (Å²) in [6, 6.07) is 6.11. The van der Waals surface area contributed by atoms with E-state index in [2.05, 4.69) is 17.2 Å². The van der Waals surface area contributed by atoms with Crippen molar-refractivity contribution in [1.82, 2.24) is 5.32 Å². The van der Waals surface area contributed by atoms with Crippen molar-refractivity contribution in [2.45, 2.75) is 19.4 Å². The number of carboxylic acids is 1. The first-order valence-electron chi connectivity index (χ1n) is 7.07. The number of anilines is 1. The fourth-order valence-electron chi connectivity index (χ4n) is 1.61. The van der Waals surface area contributed by atoms with E-state index in [1.165, 1.54) is 12.1 Å². The monoisotopic (exact) mass is 320 g/mol. The molecule has 0 aliphatic heterocycles. The van der Waals surface area contributed by atoms with Crippen molar-refractivity contribution in [3.63, 3.8) is 0 Å². The topological polar surface area (TPSA) is 105 Å². The third kappa shape index (κ3) is 6.75. The molecule has 3 N–H and O–H groups in total. The Labute approximate surface area is 134 Å². The van der Waals surface area contributed by atoms with Gasteiger partial charge in [-0.1, -0.05) is 6.08 Å². The zero-order chi connectivity index (χ0) is 17.2. The highest BCUT2D eigenvalue weighted by molar-refractivity contribution is 5.97. The number of aliphatic carboxylic acids is 1. The number of benzene rings is 1. The molecule has 7 nitrogen and oxygen atoms in total. The molecule has 0 spiro atoms. The van der Waals surface area contributed by atoms with Gasteiger partial charge in [0.1, 0.15) is 12.6 Å². The maximum Gasteiger partial charge on any atom is 0.322 e. The molecule has 124 valence electrons. The molecule has 0 aliphatic rings. The Morgan fingerprint density at radius 2 is 1.96 bits per heavy atom. The lowest BCUT2D eigenvalue weighted by molar-refractivity contribution is -0.135. The van der Waals surface area contributed by atoms with Crippen molar-refractivity contribution in [3.8, 4) is 0 Å². The smallest absolute Gasteiger partial charge is 0.322 e. The molecular formula is C16H20N2O5. The van der Waals surface area contributed by atoms with E-state index in [-0.39, 0.29) is 5.91 Å². The number of ether oxygens (including phenoxy) is 1. The normalized spacial score (nSPS) is 11.3. The molecule has 0 bridgehead atoms. The van der Waals surface area contributed by atoms with Gasteiger partial charge in [0.25, 0.3) is 11.8 Å². The van der Waals surface area contributed by atoms with Crippen molar-refractivity contribution in [2.24, 2.45) is 0 Å². The Balaban J connectivity index is 2.52. The van der Waals surface area contributed by atoms with Crippen LogP contribution in [-0.2, 0) is 14.3 Å². The number of hydrogen-bond acceptors (Lipinski definition) is 4. The van der Waals surface area contributed by atoms with Crippen LogP contribution in [0.3, 0.4) is 0 Å². The van der Waals surface area contributed by atoms with Crippen LogP contribution in [0.2, 0.25) is 0 Å². The molecule has 0 saturated carbocycles. The lowest BCUT2D eigenvalue weighted by Gasteiger charge is -2.13. The van der Waals surface area contributed by atoms with Gasteiger partial charge in [-0.25, -0.2) is 0 Å². The van der Waals surface area contributed by atoms with Gasteiger partial charge in [0.2, 0.25) is 0 Å². The first-order chi connectivity index (χ1) is 10.9. The average Bonchev–Trinajstić information content (AvgIpc) is 2.53. The third-order valence-corrected chi connectivity index (χ3v) is 2.87. The van der Waals surface area contributed by atoms with Gasteiger partial charge in [-0.2, -0.15) is 0 Å². The molecule has 0 saturated heterocycles. The van der Waals surface area contributed by atoms with E-state index in [1.54, 1.807) is 25.1 Å². The molecule has 1 aromatic carbocycles. The lowest BCUT2D eigenvalue weighted by Crippen LogP contribution is -2.29. The second-order valence-corrected chi connectivity index (χ2v) is 4.73. The van der Waals surface area contributed by atoms with Crippen molar-refractivity contribution in [3.05, 3.63) is 42.5 Å². The van der Waals surface area contributed by atoms with Gasteiger partial charge in [0.15, 0.2) is 0 Å². The summed E-state index contributed by atoms with van der Waals surface area (Å²) in [5.74, 6) is -1.91. The SMILES string of the molecule is C=CCCOC(C)C(=O)Nc1ccc(C(=O)NCC(=O)O)cc1. The molecule has 1 atom stereocenters. The van der Waals surface area contributed by atoms with E-state index >= 15 is 0 Å². The second kappa shape index (κ2) is 9.37. The van der Waals surface area contributed by atoms with E-state index in [0.29, 0.717) is 24.3 Å². The zero-order valence-electron chi connectivity index (χ0n) is 12.9. The number of carbonyl (C=O) groups is 3. The number of hydrogen-bond donors (Lipinski definition) is 3. The predicted octanol–water partition coefficient (Wildman–Crippen LogP) is 1.42. The first-order valence-corrected chi connectivity index (χ1v) is 7.07. The Kier molecular flexibility index (Phi) is 7.49. The third-order valence-electron chi connectivity index (χ3n) is 2.87. The van der Waals surface area contributed by atoms with Gasteiger partial charge in [-0.3, -0.25) is 14.4 Å². The minimum absolute atomic E-state index is 0.294. The highest BCUT2D eigenvalue weighted by atomic mass is 16.5. The maximum atomic E-state index is 11.9. The van der Waals surface area contributed by atoms with E-state index in [4.69, 9.17) is 9.84 Å². The Bertz CT molecular complexity index is 568. The van der Waals surface area contributed by atoms with E-state index in [9.17, 15) is 14.4 Å². The second-order valence-electron chi connectivity index (χ2n) is 4.73. The summed E-state index contributed by atoms with van der Waals surface area (Å²) >= 11 is 0. The van der Waals surface area contributed by atoms with Crippen LogP contribution in [0.4, 0.5) is 5.69 Å². The molecular weight excluding hydrogens is 300 g/mol. The molecule has 2 amide bonds. The van der Waals surface area contributed by atoms with Gasteiger partial charge in [0, 0.05) is 11.3 Å². The summed E-state index contributed by atoms with van der Waals surface area (Å²) in [4.78, 5) is 33.9. The number of carboxylic acid groups (broad SMARTS) is 1. The van der Waals surface area contributed by atoms with Gasteiger partial charge >= 0.3 is 5.97 Å². The fraction of sp³-hybridized carbons (Fsp3) is 0.312. The van der Waals surface area contributed by atoms with Gasteiger partial charge in [-0.15, -0.1) is 6.58 Å². The van der Waals surface area contributed by atoms with Crippen molar-refractivity contribution < 1.29 is 24.2 Å². The highest BCUT2D eigenvalue weighted by Crippen LogP contribution is 2.10. The number of carbonyl (C=O) groups excluding carboxylic acids is 2. The predicted molar refractivity (Wildman–Crippen MR) is 85.3 cm³/mol. The Hall–Kier alpha value is -2.67. The zero-order valence-corrected chi connectivity index (χ0v) is 12.9. The van der Waals surface area contributed by atoms with Crippen molar-refractivity contribution >= 4 is 23.5 Å². The molecule has 0 aliphatic carbocycles. The fourth-order valence-corrected chi connectivity index (χ4v) is 1.61. The molecule has 1 rings (SSSR count). The number of nitrogens with one attached hydrogen (secondary N) is 2. The molecule has 23 heavy (non-hydrogen) atoms. The van der Waals surface area contributed by atoms with E-state index in [0.717, 1.165) is 0 Å². The van der Waals surface area contributed by atoms with Crippen LogP contribution in [0.15, 0.2) is 36.9 Å². The summed E-state index contributed by atoms with van der Waals surface area (Å²) in [6.45, 7) is 5.18. The average molecular weight is 320 g/mol. The molecule has 0 aromatic heterocycles. The maximum absolute atomic E-state index is 11.9. The van der Waals surface area contributed by atoms with Crippen LogP contribution in [0.25, 0.3) is 0 Å². The molecule has 7 heteroatoms. The largest absolute Gasteiger partial charge is 0.480 e. The van der Waals surface area contributed by atoms with E-state index < -0.39 is 24.5 Å². The standard InChI is InChI=1S/C16H20N2O5/c1-3-4-9-23-11(2)15(21)18-13-7-5-12(6-8-13)16(22)17-10-14(19)20/h3,5-8,11H,1,4,9-10H2,2H3,(H,17,22)(H,18,21)(H,19,20). The molecule has 1 aromatic rings. The van der Waals surface area contributed by atoms with E-state index in [1.807, 2.05) is 0 Å². The van der Waals surface area contributed by atoms with Gasteiger partial charge in [-0.05, 0) is 37.6 Å².